The fraction of sp³-hybridized carbons (Fsp3) is 0.333. The second-order valence-electron chi connectivity index (χ2n) is 3.44. The lowest BCUT2D eigenvalue weighted by atomic mass is 10.2. The number of ether oxygens (including phenoxy) is 2. The number of methoxy groups -OCH3 is 1. The Hall–Kier alpha value is -1.75. The number of rotatable bonds is 5. The highest BCUT2D eigenvalue weighted by Crippen LogP contribution is 2.01. The highest BCUT2D eigenvalue weighted by atomic mass is 35.5. The third kappa shape index (κ3) is 4.63. The van der Waals surface area contributed by atoms with Gasteiger partial charge in [0.15, 0.2) is 0 Å². The number of halogens is 1. The number of esters is 1. The van der Waals surface area contributed by atoms with E-state index < -0.39 is 18.1 Å². The van der Waals surface area contributed by atoms with Crippen LogP contribution in [-0.2, 0) is 20.9 Å². The molecule has 1 unspecified atom stereocenters. The average Bonchev–Trinajstić information content (AvgIpc) is 2.42. The summed E-state index contributed by atoms with van der Waals surface area (Å²) in [5, 5.41) is 2.32. The third-order valence-corrected chi connectivity index (χ3v) is 2.45. The first-order chi connectivity index (χ1) is 8.67. The molecule has 0 fully saturated rings. The van der Waals surface area contributed by atoms with Crippen LogP contribution in [0, 0.1) is 0 Å². The second kappa shape index (κ2) is 7.55. The summed E-state index contributed by atoms with van der Waals surface area (Å²) >= 11 is 5.53. The minimum absolute atomic E-state index is 0.0763. The molecule has 0 radical (unpaired) electrons. The largest absolute Gasteiger partial charge is 0.467 e. The lowest BCUT2D eigenvalue weighted by molar-refractivity contribution is -0.142. The van der Waals surface area contributed by atoms with E-state index in [0.29, 0.717) is 0 Å². The minimum Gasteiger partial charge on any atom is -0.467 e. The molecule has 0 saturated carbocycles. The van der Waals surface area contributed by atoms with E-state index in [1.807, 2.05) is 30.3 Å². The SMILES string of the molecule is COC(=O)C(CCl)NC(=O)OCc1ccccc1. The molecule has 0 bridgehead atoms. The lowest BCUT2D eigenvalue weighted by Gasteiger charge is -2.13. The van der Waals surface area contributed by atoms with Gasteiger partial charge in [-0.1, -0.05) is 30.3 Å². The van der Waals surface area contributed by atoms with Gasteiger partial charge in [-0.25, -0.2) is 9.59 Å². The Morgan fingerprint density at radius 3 is 2.56 bits per heavy atom. The molecule has 0 aliphatic rings. The molecule has 0 aromatic heterocycles. The van der Waals surface area contributed by atoms with Crippen LogP contribution in [0.1, 0.15) is 5.56 Å². The van der Waals surface area contributed by atoms with E-state index >= 15 is 0 Å². The summed E-state index contributed by atoms with van der Waals surface area (Å²) in [5.41, 5.74) is 0.855. The Balaban J connectivity index is 2.39. The molecule has 1 amide bonds. The van der Waals surface area contributed by atoms with Crippen LogP contribution in [0.5, 0.6) is 0 Å². The molecule has 0 saturated heterocycles. The van der Waals surface area contributed by atoms with E-state index in [4.69, 9.17) is 16.3 Å². The molecule has 98 valence electrons. The molecule has 1 aromatic rings. The standard InChI is InChI=1S/C12H14ClNO4/c1-17-11(15)10(7-13)14-12(16)18-8-9-5-3-2-4-6-9/h2-6,10H,7-8H2,1H3,(H,14,16). The monoisotopic (exact) mass is 271 g/mol. The van der Waals surface area contributed by atoms with Crippen molar-refractivity contribution in [1.82, 2.24) is 5.32 Å². The zero-order valence-electron chi connectivity index (χ0n) is 9.89. The number of carbonyl (C=O) groups excluding carboxylic acids is 2. The maximum absolute atomic E-state index is 11.4. The van der Waals surface area contributed by atoms with Gasteiger partial charge in [-0.15, -0.1) is 11.6 Å². The van der Waals surface area contributed by atoms with Crippen molar-refractivity contribution in [3.05, 3.63) is 35.9 Å². The van der Waals surface area contributed by atoms with Crippen molar-refractivity contribution in [3.63, 3.8) is 0 Å². The highest BCUT2D eigenvalue weighted by molar-refractivity contribution is 6.19. The smallest absolute Gasteiger partial charge is 0.408 e. The topological polar surface area (TPSA) is 64.6 Å². The fourth-order valence-electron chi connectivity index (χ4n) is 1.21. The van der Waals surface area contributed by atoms with E-state index in [-0.39, 0.29) is 12.5 Å². The molecule has 5 nitrogen and oxygen atoms in total. The summed E-state index contributed by atoms with van der Waals surface area (Å²) in [6.07, 6.45) is -0.713. The van der Waals surface area contributed by atoms with Crippen LogP contribution >= 0.6 is 11.6 Å². The predicted molar refractivity (Wildman–Crippen MR) is 66.3 cm³/mol. The van der Waals surface area contributed by atoms with Gasteiger partial charge in [0, 0.05) is 0 Å². The predicted octanol–water partition coefficient (Wildman–Crippen LogP) is 1.69. The first kappa shape index (κ1) is 14.3. The maximum atomic E-state index is 11.4. The van der Waals surface area contributed by atoms with Crippen LogP contribution < -0.4 is 5.32 Å². The molecule has 1 aromatic carbocycles. The molecule has 1 rings (SSSR count). The van der Waals surface area contributed by atoms with Crippen molar-refractivity contribution < 1.29 is 19.1 Å². The van der Waals surface area contributed by atoms with Gasteiger partial charge in [-0.3, -0.25) is 0 Å². The van der Waals surface area contributed by atoms with Crippen LogP contribution in [-0.4, -0.2) is 31.1 Å². The Labute approximate surface area is 110 Å². The second-order valence-corrected chi connectivity index (χ2v) is 3.74. The van der Waals surface area contributed by atoms with Crippen molar-refractivity contribution in [3.8, 4) is 0 Å². The first-order valence-corrected chi connectivity index (χ1v) is 5.82. The normalized spacial score (nSPS) is 11.4. The Morgan fingerprint density at radius 2 is 2.00 bits per heavy atom. The zero-order chi connectivity index (χ0) is 13.4. The Morgan fingerprint density at radius 1 is 1.33 bits per heavy atom. The van der Waals surface area contributed by atoms with Gasteiger partial charge in [-0.2, -0.15) is 0 Å². The molecular formula is C12H14ClNO4. The lowest BCUT2D eigenvalue weighted by Crippen LogP contribution is -2.43. The Bertz CT molecular complexity index is 396. The number of amides is 1. The molecule has 0 aliphatic heterocycles. The molecule has 0 heterocycles. The van der Waals surface area contributed by atoms with Gasteiger partial charge in [-0.05, 0) is 5.56 Å². The number of alkyl halides is 1. The summed E-state index contributed by atoms with van der Waals surface area (Å²) in [7, 11) is 1.22. The summed E-state index contributed by atoms with van der Waals surface area (Å²) in [6.45, 7) is 0.128. The fourth-order valence-corrected chi connectivity index (χ4v) is 1.41. The van der Waals surface area contributed by atoms with E-state index in [9.17, 15) is 9.59 Å². The van der Waals surface area contributed by atoms with Crippen LogP contribution in [0.25, 0.3) is 0 Å². The van der Waals surface area contributed by atoms with Gasteiger partial charge in [0.1, 0.15) is 12.6 Å². The molecule has 1 atom stereocenters. The molecule has 6 heteroatoms. The van der Waals surface area contributed by atoms with Crippen molar-refractivity contribution in [2.75, 3.05) is 13.0 Å². The highest BCUT2D eigenvalue weighted by Gasteiger charge is 2.20. The number of benzene rings is 1. The van der Waals surface area contributed by atoms with Gasteiger partial charge in [0.05, 0.1) is 13.0 Å². The molecule has 18 heavy (non-hydrogen) atoms. The summed E-state index contributed by atoms with van der Waals surface area (Å²) in [5.74, 6) is -0.686. The van der Waals surface area contributed by atoms with Crippen molar-refractivity contribution in [1.29, 1.82) is 0 Å². The van der Waals surface area contributed by atoms with Gasteiger partial charge >= 0.3 is 12.1 Å². The number of nitrogens with one attached hydrogen (secondary N) is 1. The molecule has 0 spiro atoms. The van der Waals surface area contributed by atoms with Crippen LogP contribution in [0.3, 0.4) is 0 Å². The minimum atomic E-state index is -0.903. The molecule has 1 N–H and O–H groups in total. The molecular weight excluding hydrogens is 258 g/mol. The number of alkyl carbamates (subject to hydrolysis) is 1. The van der Waals surface area contributed by atoms with Gasteiger partial charge in [0.25, 0.3) is 0 Å². The summed E-state index contributed by atoms with van der Waals surface area (Å²) < 4.78 is 9.41. The van der Waals surface area contributed by atoms with E-state index in [0.717, 1.165) is 5.56 Å². The van der Waals surface area contributed by atoms with Gasteiger partial charge < -0.3 is 14.8 Å². The average molecular weight is 272 g/mol. The first-order valence-electron chi connectivity index (χ1n) is 5.28. The van der Waals surface area contributed by atoms with Gasteiger partial charge in [0.2, 0.25) is 0 Å². The third-order valence-electron chi connectivity index (χ3n) is 2.14. The summed E-state index contributed by atoms with van der Waals surface area (Å²) in [6, 6.07) is 8.29. The van der Waals surface area contributed by atoms with Crippen LogP contribution in [0.2, 0.25) is 0 Å². The Kier molecular flexibility index (Phi) is 6.00. The van der Waals surface area contributed by atoms with Crippen molar-refractivity contribution in [2.45, 2.75) is 12.6 Å². The molecule has 0 aliphatic carbocycles. The maximum Gasteiger partial charge on any atom is 0.408 e. The van der Waals surface area contributed by atoms with Crippen LogP contribution in [0.15, 0.2) is 30.3 Å². The van der Waals surface area contributed by atoms with Crippen LogP contribution in [0.4, 0.5) is 4.79 Å². The number of hydrogen-bond acceptors (Lipinski definition) is 4. The van der Waals surface area contributed by atoms with Crippen molar-refractivity contribution in [2.24, 2.45) is 0 Å². The van der Waals surface area contributed by atoms with E-state index in [2.05, 4.69) is 10.1 Å². The quantitative estimate of drug-likeness (QED) is 0.654. The van der Waals surface area contributed by atoms with Crippen molar-refractivity contribution >= 4 is 23.7 Å². The van der Waals surface area contributed by atoms with E-state index in [1.54, 1.807) is 0 Å². The number of carbonyl (C=O) groups is 2. The number of hydrogen-bond donors (Lipinski definition) is 1. The summed E-state index contributed by atoms with van der Waals surface area (Å²) in [4.78, 5) is 22.6. The van der Waals surface area contributed by atoms with E-state index in [1.165, 1.54) is 7.11 Å². The zero-order valence-corrected chi connectivity index (χ0v) is 10.6.